The molecule has 0 fully saturated rings. The lowest BCUT2D eigenvalue weighted by atomic mass is 10.2. The van der Waals surface area contributed by atoms with E-state index in [1.807, 2.05) is 0 Å². The Morgan fingerprint density at radius 3 is 3.07 bits per heavy atom. The molecule has 0 atom stereocenters. The molecule has 1 rings (SSSR count). The van der Waals surface area contributed by atoms with Gasteiger partial charge in [-0.05, 0) is 0 Å². The molecule has 4 nitrogen and oxygen atoms in total. The summed E-state index contributed by atoms with van der Waals surface area (Å²) >= 11 is 5.74. The van der Waals surface area contributed by atoms with Crippen molar-refractivity contribution in [2.24, 2.45) is 10.7 Å². The van der Waals surface area contributed by atoms with Gasteiger partial charge in [-0.3, -0.25) is 0 Å². The largest absolute Gasteiger partial charge is 0.493 e. The predicted octanol–water partition coefficient (Wildman–Crippen LogP) is 0.866. The number of halogens is 1. The van der Waals surface area contributed by atoms with Crippen molar-refractivity contribution in [3.05, 3.63) is 22.9 Å². The molecule has 0 unspecified atom stereocenters. The zero-order chi connectivity index (χ0) is 10.6. The van der Waals surface area contributed by atoms with E-state index in [1.165, 1.54) is 7.11 Å². The minimum Gasteiger partial charge on any atom is -0.493 e. The van der Waals surface area contributed by atoms with Gasteiger partial charge in [-0.15, -0.1) is 12.3 Å². The molecule has 0 aliphatic carbocycles. The van der Waals surface area contributed by atoms with Crippen molar-refractivity contribution in [3.63, 3.8) is 0 Å². The number of hydrogen-bond donors (Lipinski definition) is 2. The average Bonchev–Trinajstić information content (AvgIpc) is 2.29. The van der Waals surface area contributed by atoms with Gasteiger partial charge in [0.1, 0.15) is 5.16 Å². The number of nitrogens with zero attached hydrogens (tertiary/aromatic N) is 1. The number of nitrogens with two attached hydrogens (primary N) is 1. The molecule has 0 aromatic heterocycles. The number of aliphatic imine (C=N–C) groups is 1. The highest BCUT2D eigenvalue weighted by Gasteiger charge is 2.12. The first-order valence-corrected chi connectivity index (χ1v) is 4.24. The third kappa shape index (κ3) is 2.21. The minimum atomic E-state index is 0.195. The average molecular weight is 212 g/mol. The molecule has 1 heterocycles. The molecule has 3 N–H and O–H groups in total. The summed E-state index contributed by atoms with van der Waals surface area (Å²) in [5.41, 5.74) is 6.14. The monoisotopic (exact) mass is 211 g/mol. The van der Waals surface area contributed by atoms with Crippen LogP contribution in [0.2, 0.25) is 0 Å². The number of hydrogen-bond acceptors (Lipinski definition) is 4. The van der Waals surface area contributed by atoms with Crippen LogP contribution in [0.25, 0.3) is 0 Å². The van der Waals surface area contributed by atoms with Crippen LogP contribution < -0.4 is 11.1 Å². The van der Waals surface area contributed by atoms with Gasteiger partial charge < -0.3 is 15.8 Å². The van der Waals surface area contributed by atoms with E-state index < -0.39 is 0 Å². The third-order valence-electron chi connectivity index (χ3n) is 1.58. The molecular weight excluding hydrogens is 202 g/mol. The Morgan fingerprint density at radius 1 is 1.79 bits per heavy atom. The first-order chi connectivity index (χ1) is 6.69. The maximum atomic E-state index is 5.74. The fraction of sp³-hybridized carbons (Fsp3) is 0.222. The van der Waals surface area contributed by atoms with Crippen LogP contribution in [0, 0.1) is 12.3 Å². The van der Waals surface area contributed by atoms with Crippen molar-refractivity contribution in [2.75, 3.05) is 7.11 Å². The normalized spacial score (nSPS) is 16.1. The van der Waals surface area contributed by atoms with Gasteiger partial charge in [0.15, 0.2) is 11.6 Å². The Hall–Kier alpha value is -1.60. The fourth-order valence-corrected chi connectivity index (χ4v) is 1.03. The van der Waals surface area contributed by atoms with Crippen LogP contribution in [0.1, 0.15) is 6.42 Å². The number of ether oxygens (including phenoxy) is 1. The number of methoxy groups -OCH3 is 1. The van der Waals surface area contributed by atoms with Gasteiger partial charge in [0.25, 0.3) is 0 Å². The number of allylic oxidation sites excluding steroid dienone is 1. The summed E-state index contributed by atoms with van der Waals surface area (Å²) in [7, 11) is 1.52. The van der Waals surface area contributed by atoms with Crippen molar-refractivity contribution < 1.29 is 4.74 Å². The molecule has 0 saturated heterocycles. The van der Waals surface area contributed by atoms with Crippen molar-refractivity contribution in [3.8, 4) is 12.3 Å². The van der Waals surface area contributed by atoms with Crippen LogP contribution in [0.3, 0.4) is 0 Å². The van der Waals surface area contributed by atoms with Gasteiger partial charge in [0.2, 0.25) is 0 Å². The summed E-state index contributed by atoms with van der Waals surface area (Å²) in [5.74, 6) is 3.19. The number of rotatable bonds is 2. The minimum absolute atomic E-state index is 0.195. The lowest BCUT2D eigenvalue weighted by molar-refractivity contribution is 0.312. The zero-order valence-corrected chi connectivity index (χ0v) is 8.43. The molecule has 5 heteroatoms. The highest BCUT2D eigenvalue weighted by Crippen LogP contribution is 2.12. The highest BCUT2D eigenvalue weighted by atomic mass is 35.5. The molecule has 1 aliphatic heterocycles. The first-order valence-electron chi connectivity index (χ1n) is 3.86. The Morgan fingerprint density at radius 2 is 2.50 bits per heavy atom. The van der Waals surface area contributed by atoms with Crippen molar-refractivity contribution in [2.45, 2.75) is 6.42 Å². The second-order valence-corrected chi connectivity index (χ2v) is 2.87. The van der Waals surface area contributed by atoms with E-state index in [4.69, 9.17) is 28.5 Å². The Kier molecular flexibility index (Phi) is 3.43. The van der Waals surface area contributed by atoms with E-state index >= 15 is 0 Å². The lowest BCUT2D eigenvalue weighted by Crippen LogP contribution is -2.06. The summed E-state index contributed by atoms with van der Waals surface area (Å²) in [6, 6.07) is 0. The Bertz CT molecular complexity index is 363. The van der Waals surface area contributed by atoms with Gasteiger partial charge in [-0.25, -0.2) is 4.99 Å². The highest BCUT2D eigenvalue weighted by molar-refractivity contribution is 6.29. The molecular formula is C9H10ClN3O. The van der Waals surface area contributed by atoms with E-state index in [-0.39, 0.29) is 11.0 Å². The van der Waals surface area contributed by atoms with E-state index in [9.17, 15) is 0 Å². The maximum Gasteiger partial charge on any atom is 0.159 e. The second-order valence-electron chi connectivity index (χ2n) is 2.50. The van der Waals surface area contributed by atoms with Gasteiger partial charge in [-0.2, -0.15) is 0 Å². The van der Waals surface area contributed by atoms with Crippen LogP contribution in [0.4, 0.5) is 0 Å². The van der Waals surface area contributed by atoms with E-state index in [0.29, 0.717) is 17.9 Å². The summed E-state index contributed by atoms with van der Waals surface area (Å²) in [4.78, 5) is 4.04. The zero-order valence-electron chi connectivity index (χ0n) is 7.67. The summed E-state index contributed by atoms with van der Waals surface area (Å²) < 4.78 is 5.06. The summed E-state index contributed by atoms with van der Waals surface area (Å²) in [6.45, 7) is 0. The number of nitrogens with one attached hydrogen (secondary N) is 1. The molecule has 0 radical (unpaired) electrons. The lowest BCUT2D eigenvalue weighted by Gasteiger charge is -2.04. The second kappa shape index (κ2) is 4.58. The van der Waals surface area contributed by atoms with Crippen LogP contribution in [0.15, 0.2) is 27.9 Å². The standard InChI is InChI=1S/C9H10ClN3O/c1-3-4-6-7(14-2)5-12-8(10)9(11)13-6/h1,5,12H,4,11H2,2H3. The molecule has 0 aromatic carbocycles. The summed E-state index contributed by atoms with van der Waals surface area (Å²) in [5, 5.41) is 2.99. The van der Waals surface area contributed by atoms with E-state index in [0.717, 1.165) is 0 Å². The molecule has 0 amide bonds. The van der Waals surface area contributed by atoms with Crippen molar-refractivity contribution in [1.82, 2.24) is 5.32 Å². The third-order valence-corrected chi connectivity index (χ3v) is 1.89. The fourth-order valence-electron chi connectivity index (χ4n) is 0.936. The van der Waals surface area contributed by atoms with Gasteiger partial charge >= 0.3 is 0 Å². The van der Waals surface area contributed by atoms with Crippen molar-refractivity contribution in [1.29, 1.82) is 0 Å². The Labute approximate surface area is 87.5 Å². The van der Waals surface area contributed by atoms with E-state index in [1.54, 1.807) is 6.20 Å². The van der Waals surface area contributed by atoms with Crippen molar-refractivity contribution >= 4 is 17.3 Å². The van der Waals surface area contributed by atoms with Gasteiger partial charge in [0, 0.05) is 6.20 Å². The predicted molar refractivity (Wildman–Crippen MR) is 56.2 cm³/mol. The number of terminal acetylenes is 1. The maximum absolute atomic E-state index is 5.74. The van der Waals surface area contributed by atoms with Gasteiger partial charge in [0.05, 0.1) is 19.2 Å². The smallest absolute Gasteiger partial charge is 0.159 e. The van der Waals surface area contributed by atoms with Crippen LogP contribution in [-0.4, -0.2) is 12.8 Å². The quantitative estimate of drug-likeness (QED) is 0.526. The molecule has 0 aromatic rings. The molecule has 0 spiro atoms. The molecule has 74 valence electrons. The van der Waals surface area contributed by atoms with Crippen LogP contribution >= 0.6 is 11.6 Å². The SMILES string of the molecule is C#CCC1=NC(N)=C(Cl)NC=C1OC. The van der Waals surface area contributed by atoms with Gasteiger partial charge in [-0.1, -0.05) is 11.6 Å². The molecule has 0 saturated carbocycles. The van der Waals surface area contributed by atoms with E-state index in [2.05, 4.69) is 16.2 Å². The van der Waals surface area contributed by atoms with Crippen LogP contribution in [0.5, 0.6) is 0 Å². The topological polar surface area (TPSA) is 59.6 Å². The molecule has 14 heavy (non-hydrogen) atoms. The Balaban J connectivity index is 3.05. The van der Waals surface area contributed by atoms with Crippen LogP contribution in [-0.2, 0) is 4.74 Å². The summed E-state index contributed by atoms with van der Waals surface area (Å²) in [6.07, 6.45) is 7.09. The molecule has 1 aliphatic rings. The first kappa shape index (κ1) is 10.5. The molecule has 0 bridgehead atoms.